The summed E-state index contributed by atoms with van der Waals surface area (Å²) in [5.41, 5.74) is 1.40. The fraction of sp³-hybridized carbons (Fsp3) is 0.111. The molecular formula is C9H5Br2IS. The van der Waals surface area contributed by atoms with Crippen LogP contribution in [0, 0.1) is 3.57 Å². The molecule has 1 aromatic heterocycles. The normalized spacial score (nSPS) is 11.0. The highest BCUT2D eigenvalue weighted by Crippen LogP contribution is 2.35. The summed E-state index contributed by atoms with van der Waals surface area (Å²) in [4.78, 5) is 0. The Balaban J connectivity index is 2.88. The van der Waals surface area contributed by atoms with E-state index < -0.39 is 0 Å². The second-order valence-corrected chi connectivity index (χ2v) is 6.11. The molecule has 0 bridgehead atoms. The first-order valence-corrected chi connectivity index (χ1v) is 7.51. The standard InChI is InChI=1S/C9H5Br2IS/c10-4-6-8(12)3-7(11)5-1-2-13-9(5)6/h1-3H,4H2. The van der Waals surface area contributed by atoms with Crippen molar-refractivity contribution in [1.82, 2.24) is 0 Å². The highest BCUT2D eigenvalue weighted by atomic mass is 127. The van der Waals surface area contributed by atoms with E-state index in [1.807, 2.05) is 0 Å². The van der Waals surface area contributed by atoms with Crippen LogP contribution >= 0.6 is 65.8 Å². The van der Waals surface area contributed by atoms with Gasteiger partial charge in [-0.05, 0) is 45.7 Å². The van der Waals surface area contributed by atoms with Crippen LogP contribution in [-0.4, -0.2) is 0 Å². The van der Waals surface area contributed by atoms with Crippen molar-refractivity contribution in [2.45, 2.75) is 5.33 Å². The highest BCUT2D eigenvalue weighted by Gasteiger charge is 2.08. The lowest BCUT2D eigenvalue weighted by Crippen LogP contribution is -1.84. The van der Waals surface area contributed by atoms with Gasteiger partial charge in [0.05, 0.1) is 0 Å². The van der Waals surface area contributed by atoms with Gasteiger partial charge < -0.3 is 0 Å². The maximum atomic E-state index is 3.58. The number of benzene rings is 1. The summed E-state index contributed by atoms with van der Waals surface area (Å²) in [5.74, 6) is 0. The van der Waals surface area contributed by atoms with Crippen molar-refractivity contribution in [3.8, 4) is 0 Å². The monoisotopic (exact) mass is 430 g/mol. The van der Waals surface area contributed by atoms with Crippen molar-refractivity contribution in [2.75, 3.05) is 0 Å². The second kappa shape index (κ2) is 4.16. The topological polar surface area (TPSA) is 0 Å². The predicted molar refractivity (Wildman–Crippen MR) is 74.9 cm³/mol. The molecule has 0 radical (unpaired) electrons. The quantitative estimate of drug-likeness (QED) is 0.432. The van der Waals surface area contributed by atoms with Crippen molar-refractivity contribution < 1.29 is 0 Å². The van der Waals surface area contributed by atoms with Crippen LogP contribution in [0.2, 0.25) is 0 Å². The third kappa shape index (κ3) is 1.82. The Kier molecular flexibility index (Phi) is 3.33. The average molecular weight is 432 g/mol. The Morgan fingerprint density at radius 3 is 2.92 bits per heavy atom. The zero-order valence-corrected chi connectivity index (χ0v) is 12.6. The van der Waals surface area contributed by atoms with E-state index in [1.165, 1.54) is 23.7 Å². The van der Waals surface area contributed by atoms with Gasteiger partial charge >= 0.3 is 0 Å². The zero-order chi connectivity index (χ0) is 9.42. The minimum absolute atomic E-state index is 0.926. The van der Waals surface area contributed by atoms with Crippen LogP contribution in [0.3, 0.4) is 0 Å². The third-order valence-corrected chi connectivity index (χ3v) is 5.03. The number of halogens is 3. The van der Waals surface area contributed by atoms with E-state index in [9.17, 15) is 0 Å². The highest BCUT2D eigenvalue weighted by molar-refractivity contribution is 14.1. The lowest BCUT2D eigenvalue weighted by molar-refractivity contribution is 1.46. The van der Waals surface area contributed by atoms with Gasteiger partial charge in [-0.1, -0.05) is 31.9 Å². The van der Waals surface area contributed by atoms with Gasteiger partial charge in [0.25, 0.3) is 0 Å². The molecule has 13 heavy (non-hydrogen) atoms. The van der Waals surface area contributed by atoms with Gasteiger partial charge in [0.15, 0.2) is 0 Å². The van der Waals surface area contributed by atoms with Crippen LogP contribution in [0.15, 0.2) is 22.0 Å². The van der Waals surface area contributed by atoms with Crippen molar-refractivity contribution in [3.63, 3.8) is 0 Å². The number of thiophene rings is 1. The van der Waals surface area contributed by atoms with Crippen LogP contribution in [-0.2, 0) is 5.33 Å². The molecule has 0 amide bonds. The molecule has 0 aliphatic rings. The second-order valence-electron chi connectivity index (χ2n) is 2.62. The summed E-state index contributed by atoms with van der Waals surface area (Å²) in [7, 11) is 0. The van der Waals surface area contributed by atoms with Crippen LogP contribution in [0.1, 0.15) is 5.56 Å². The fourth-order valence-electron chi connectivity index (χ4n) is 1.24. The van der Waals surface area contributed by atoms with Gasteiger partial charge in [-0.2, -0.15) is 0 Å². The largest absolute Gasteiger partial charge is 0.143 e. The van der Waals surface area contributed by atoms with E-state index in [4.69, 9.17) is 0 Å². The van der Waals surface area contributed by atoms with Gasteiger partial charge in [-0.3, -0.25) is 0 Å². The molecular weight excluding hydrogens is 427 g/mol. The molecule has 0 N–H and O–H groups in total. The summed E-state index contributed by atoms with van der Waals surface area (Å²) >= 11 is 11.3. The minimum atomic E-state index is 0.926. The molecule has 0 nitrogen and oxygen atoms in total. The first kappa shape index (κ1) is 10.4. The molecule has 68 valence electrons. The number of alkyl halides is 1. The lowest BCUT2D eigenvalue weighted by atomic mass is 10.2. The molecule has 0 spiro atoms. The Labute approximate surface area is 111 Å². The minimum Gasteiger partial charge on any atom is -0.143 e. The van der Waals surface area contributed by atoms with E-state index in [0.717, 1.165) is 5.33 Å². The van der Waals surface area contributed by atoms with Gasteiger partial charge in [0.1, 0.15) is 0 Å². The summed E-state index contributed by atoms with van der Waals surface area (Å²) in [6, 6.07) is 4.33. The molecule has 1 heterocycles. The summed E-state index contributed by atoms with van der Waals surface area (Å²) in [6.45, 7) is 0. The van der Waals surface area contributed by atoms with Crippen molar-refractivity contribution >= 4 is 75.9 Å². The molecule has 2 rings (SSSR count). The van der Waals surface area contributed by atoms with Crippen LogP contribution in [0.5, 0.6) is 0 Å². The lowest BCUT2D eigenvalue weighted by Gasteiger charge is -2.03. The summed E-state index contributed by atoms with van der Waals surface area (Å²) in [6.07, 6.45) is 0. The van der Waals surface area contributed by atoms with Crippen LogP contribution in [0.4, 0.5) is 0 Å². The SMILES string of the molecule is BrCc1c(I)cc(Br)c2ccsc12. The summed E-state index contributed by atoms with van der Waals surface area (Å²) in [5, 5.41) is 4.38. The molecule has 0 saturated carbocycles. The molecule has 4 heteroatoms. The molecule has 0 unspecified atom stereocenters. The molecule has 0 fully saturated rings. The Morgan fingerprint density at radius 2 is 2.23 bits per heavy atom. The third-order valence-electron chi connectivity index (χ3n) is 1.87. The smallest absolute Gasteiger partial charge is 0.0405 e. The number of hydrogen-bond donors (Lipinski definition) is 0. The number of rotatable bonds is 1. The van der Waals surface area contributed by atoms with Gasteiger partial charge in [0.2, 0.25) is 0 Å². The molecule has 0 atom stereocenters. The maximum Gasteiger partial charge on any atom is 0.0405 e. The molecule has 1 aromatic carbocycles. The number of fused-ring (bicyclic) bond motifs is 1. The van der Waals surface area contributed by atoms with Gasteiger partial charge in [0, 0.05) is 23.5 Å². The Hall–Kier alpha value is 0.870. The Bertz CT molecular complexity index is 450. The van der Waals surface area contributed by atoms with Crippen molar-refractivity contribution in [2.24, 2.45) is 0 Å². The Morgan fingerprint density at radius 1 is 1.46 bits per heavy atom. The summed E-state index contributed by atoms with van der Waals surface area (Å²) < 4.78 is 3.89. The predicted octanol–water partition coefficient (Wildman–Crippen LogP) is 5.16. The van der Waals surface area contributed by atoms with Crippen molar-refractivity contribution in [3.05, 3.63) is 31.1 Å². The molecule has 2 aromatic rings. The van der Waals surface area contributed by atoms with E-state index in [-0.39, 0.29) is 0 Å². The van der Waals surface area contributed by atoms with E-state index >= 15 is 0 Å². The average Bonchev–Trinajstić information content (AvgIpc) is 2.53. The van der Waals surface area contributed by atoms with E-state index in [1.54, 1.807) is 11.3 Å². The van der Waals surface area contributed by atoms with Crippen LogP contribution in [0.25, 0.3) is 10.1 Å². The first-order valence-electron chi connectivity index (χ1n) is 3.64. The first-order chi connectivity index (χ1) is 6.24. The van der Waals surface area contributed by atoms with E-state index in [0.29, 0.717) is 0 Å². The molecule has 0 aliphatic heterocycles. The van der Waals surface area contributed by atoms with Gasteiger partial charge in [-0.15, -0.1) is 11.3 Å². The zero-order valence-electron chi connectivity index (χ0n) is 6.48. The molecule has 0 aliphatic carbocycles. The number of hydrogen-bond acceptors (Lipinski definition) is 1. The fourth-order valence-corrected chi connectivity index (χ4v) is 5.58. The maximum absolute atomic E-state index is 3.58. The van der Waals surface area contributed by atoms with Gasteiger partial charge in [-0.25, -0.2) is 0 Å². The van der Waals surface area contributed by atoms with E-state index in [2.05, 4.69) is 72.0 Å². The van der Waals surface area contributed by atoms with Crippen molar-refractivity contribution in [1.29, 1.82) is 0 Å². The van der Waals surface area contributed by atoms with Crippen LogP contribution < -0.4 is 0 Å². The molecule has 0 saturated heterocycles.